The van der Waals surface area contributed by atoms with Crippen LogP contribution in [0.15, 0.2) is 18.2 Å². The zero-order valence-electron chi connectivity index (χ0n) is 14.1. The number of hydrogen-bond donors (Lipinski definition) is 1. The summed E-state index contributed by atoms with van der Waals surface area (Å²) >= 11 is 6.08. The van der Waals surface area contributed by atoms with Gasteiger partial charge in [-0.2, -0.15) is 0 Å². The van der Waals surface area contributed by atoms with Crippen molar-refractivity contribution in [2.75, 3.05) is 13.7 Å². The van der Waals surface area contributed by atoms with Gasteiger partial charge in [0, 0.05) is 18.7 Å². The molecular weight excluding hydrogens is 336 g/mol. The third-order valence-corrected chi connectivity index (χ3v) is 3.10. The minimum Gasteiger partial charge on any atom is -0.490 e. The van der Waals surface area contributed by atoms with E-state index in [1.807, 2.05) is 0 Å². The van der Waals surface area contributed by atoms with Crippen LogP contribution in [0.4, 0.5) is 10.5 Å². The molecule has 0 unspecified atom stereocenters. The molecule has 0 aliphatic heterocycles. The van der Waals surface area contributed by atoms with Crippen LogP contribution in [0.2, 0.25) is 5.02 Å². The van der Waals surface area contributed by atoms with Gasteiger partial charge in [-0.05, 0) is 32.8 Å². The van der Waals surface area contributed by atoms with Gasteiger partial charge in [-0.25, -0.2) is 4.79 Å². The van der Waals surface area contributed by atoms with Crippen molar-refractivity contribution in [2.24, 2.45) is 0 Å². The van der Waals surface area contributed by atoms with E-state index in [1.165, 1.54) is 19.2 Å². The second kappa shape index (κ2) is 8.54. The number of ether oxygens (including phenoxy) is 2. The summed E-state index contributed by atoms with van der Waals surface area (Å²) in [5.41, 5.74) is -0.204. The van der Waals surface area contributed by atoms with Crippen molar-refractivity contribution in [2.45, 2.75) is 32.8 Å². The minimum atomic E-state index is -0.546. The summed E-state index contributed by atoms with van der Waals surface area (Å²) in [7, 11) is 1.34. The van der Waals surface area contributed by atoms with Crippen molar-refractivity contribution in [3.63, 3.8) is 0 Å². The molecule has 0 atom stereocenters. The van der Waals surface area contributed by atoms with Crippen LogP contribution in [-0.2, 0) is 4.74 Å². The zero-order valence-corrected chi connectivity index (χ0v) is 14.8. The lowest BCUT2D eigenvalue weighted by molar-refractivity contribution is -0.385. The molecule has 0 bridgehead atoms. The van der Waals surface area contributed by atoms with Crippen molar-refractivity contribution >= 4 is 29.5 Å². The second-order valence-electron chi connectivity index (χ2n) is 5.92. The van der Waals surface area contributed by atoms with E-state index in [9.17, 15) is 14.9 Å². The number of rotatable bonds is 6. The number of alkyl carbamates (subject to hydrolysis) is 1. The Balaban J connectivity index is 2.63. The normalized spacial score (nSPS) is 11.4. The average molecular weight is 357 g/mol. The lowest BCUT2D eigenvalue weighted by atomic mass is 10.1. The molecule has 0 aliphatic rings. The molecule has 1 N–H and O–H groups in total. The van der Waals surface area contributed by atoms with E-state index < -0.39 is 16.6 Å². The van der Waals surface area contributed by atoms with E-state index in [0.29, 0.717) is 23.6 Å². The maximum absolute atomic E-state index is 11.5. The smallest absolute Gasteiger partial charge is 0.407 e. The van der Waals surface area contributed by atoms with Gasteiger partial charge in [-0.15, -0.1) is 0 Å². The number of halogens is 1. The van der Waals surface area contributed by atoms with Gasteiger partial charge in [0.05, 0.1) is 17.1 Å². The molecule has 0 heterocycles. The number of amides is 1. The lowest BCUT2D eigenvalue weighted by Crippen LogP contribution is -2.32. The average Bonchev–Trinajstić information content (AvgIpc) is 2.45. The number of nitrogens with zero attached hydrogens (tertiary/aromatic N) is 1. The van der Waals surface area contributed by atoms with Crippen molar-refractivity contribution < 1.29 is 19.2 Å². The van der Waals surface area contributed by atoms with Crippen molar-refractivity contribution in [1.82, 2.24) is 5.32 Å². The van der Waals surface area contributed by atoms with E-state index in [4.69, 9.17) is 21.1 Å². The molecule has 132 valence electrons. The molecule has 1 rings (SSSR count). The van der Waals surface area contributed by atoms with Crippen molar-refractivity contribution in [1.29, 1.82) is 0 Å². The monoisotopic (exact) mass is 356 g/mol. The summed E-state index contributed by atoms with van der Waals surface area (Å²) in [6.07, 6.45) is 3.45. The Morgan fingerprint density at radius 2 is 2.08 bits per heavy atom. The highest BCUT2D eigenvalue weighted by Gasteiger charge is 2.17. The predicted octanol–water partition coefficient (Wildman–Crippen LogP) is 4.18. The number of benzene rings is 1. The molecule has 0 saturated heterocycles. The van der Waals surface area contributed by atoms with Gasteiger partial charge >= 0.3 is 11.8 Å². The van der Waals surface area contributed by atoms with Gasteiger partial charge in [0.1, 0.15) is 5.60 Å². The maximum Gasteiger partial charge on any atom is 0.407 e. The first-order valence-corrected chi connectivity index (χ1v) is 7.67. The van der Waals surface area contributed by atoms with E-state index in [-0.39, 0.29) is 11.4 Å². The molecule has 8 heteroatoms. The van der Waals surface area contributed by atoms with Gasteiger partial charge in [-0.3, -0.25) is 10.1 Å². The van der Waals surface area contributed by atoms with Gasteiger partial charge < -0.3 is 14.8 Å². The number of nitro groups is 1. The van der Waals surface area contributed by atoms with Crippen LogP contribution in [0, 0.1) is 10.1 Å². The molecule has 0 radical (unpaired) electrons. The third-order valence-electron chi connectivity index (χ3n) is 2.77. The number of nitrogens with one attached hydrogen (secondary N) is 1. The Kier molecular flexibility index (Phi) is 7.03. The van der Waals surface area contributed by atoms with Crippen LogP contribution in [0.25, 0.3) is 6.08 Å². The summed E-state index contributed by atoms with van der Waals surface area (Å²) in [6, 6.07) is 2.75. The Bertz CT molecular complexity index is 638. The topological polar surface area (TPSA) is 90.7 Å². The Morgan fingerprint density at radius 1 is 1.42 bits per heavy atom. The summed E-state index contributed by atoms with van der Waals surface area (Å²) in [6.45, 7) is 5.72. The maximum atomic E-state index is 11.5. The van der Waals surface area contributed by atoms with Gasteiger partial charge in [0.25, 0.3) is 0 Å². The minimum absolute atomic E-state index is 0.105. The van der Waals surface area contributed by atoms with Gasteiger partial charge in [-0.1, -0.05) is 23.8 Å². The molecule has 24 heavy (non-hydrogen) atoms. The van der Waals surface area contributed by atoms with E-state index in [1.54, 1.807) is 32.9 Å². The number of hydrogen-bond acceptors (Lipinski definition) is 5. The third kappa shape index (κ3) is 6.45. The first-order chi connectivity index (χ1) is 11.1. The summed E-state index contributed by atoms with van der Waals surface area (Å²) < 4.78 is 10.0. The zero-order chi connectivity index (χ0) is 18.3. The number of nitro benzene ring substituents is 1. The molecule has 7 nitrogen and oxygen atoms in total. The molecule has 1 aromatic carbocycles. The molecule has 0 spiro atoms. The van der Waals surface area contributed by atoms with Crippen LogP contribution in [0.5, 0.6) is 5.75 Å². The summed E-state index contributed by atoms with van der Waals surface area (Å²) in [5.74, 6) is 0.105. The van der Waals surface area contributed by atoms with Crippen LogP contribution in [0.3, 0.4) is 0 Å². The Morgan fingerprint density at radius 3 is 2.62 bits per heavy atom. The number of carbonyl (C=O) groups excluding carboxylic acids is 1. The Hall–Kier alpha value is -2.28. The highest BCUT2D eigenvalue weighted by molar-refractivity contribution is 6.32. The fourth-order valence-corrected chi connectivity index (χ4v) is 1.99. The number of carbonyl (C=O) groups is 1. The fraction of sp³-hybridized carbons (Fsp3) is 0.438. The first kappa shape index (κ1) is 19.8. The van der Waals surface area contributed by atoms with Gasteiger partial charge in [0.15, 0.2) is 5.75 Å². The van der Waals surface area contributed by atoms with Crippen LogP contribution >= 0.6 is 11.6 Å². The second-order valence-corrected chi connectivity index (χ2v) is 6.33. The molecule has 0 aliphatic carbocycles. The lowest BCUT2D eigenvalue weighted by Gasteiger charge is -2.19. The molecule has 1 aromatic rings. The first-order valence-electron chi connectivity index (χ1n) is 7.29. The fourth-order valence-electron chi connectivity index (χ4n) is 1.78. The standard InChI is InChI=1S/C16H21ClN2O5/c1-16(2,3)24-15(20)18-8-6-5-7-11-9-13(19(21)22)14(23-4)10-12(11)17/h5,7,9-10H,6,8H2,1-4H3,(H,18,20). The molecular formula is C16H21ClN2O5. The van der Waals surface area contributed by atoms with E-state index in [2.05, 4.69) is 5.32 Å². The Labute approximate surface area is 145 Å². The van der Waals surface area contributed by atoms with Crippen molar-refractivity contribution in [3.05, 3.63) is 38.9 Å². The highest BCUT2D eigenvalue weighted by atomic mass is 35.5. The predicted molar refractivity (Wildman–Crippen MR) is 92.5 cm³/mol. The van der Waals surface area contributed by atoms with Gasteiger partial charge in [0.2, 0.25) is 0 Å². The molecule has 0 saturated carbocycles. The van der Waals surface area contributed by atoms with E-state index >= 15 is 0 Å². The largest absolute Gasteiger partial charge is 0.490 e. The van der Waals surface area contributed by atoms with Crippen LogP contribution < -0.4 is 10.1 Å². The summed E-state index contributed by atoms with van der Waals surface area (Å²) in [4.78, 5) is 21.9. The van der Waals surface area contributed by atoms with Crippen LogP contribution in [0.1, 0.15) is 32.8 Å². The van der Waals surface area contributed by atoms with Crippen LogP contribution in [-0.4, -0.2) is 30.3 Å². The molecule has 0 fully saturated rings. The quantitative estimate of drug-likeness (QED) is 0.469. The number of methoxy groups -OCH3 is 1. The summed E-state index contributed by atoms with van der Waals surface area (Å²) in [5, 5.41) is 14.0. The highest BCUT2D eigenvalue weighted by Crippen LogP contribution is 2.33. The molecule has 0 aromatic heterocycles. The SMILES string of the molecule is COc1cc(Cl)c(C=CCCNC(=O)OC(C)(C)C)cc1[N+](=O)[O-]. The van der Waals surface area contributed by atoms with E-state index in [0.717, 1.165) is 0 Å². The molecule has 1 amide bonds. The van der Waals surface area contributed by atoms with Crippen molar-refractivity contribution in [3.8, 4) is 5.75 Å².